The second-order valence-electron chi connectivity index (χ2n) is 8.64. The first kappa shape index (κ1) is 23.1. The van der Waals surface area contributed by atoms with Crippen LogP contribution in [0.3, 0.4) is 0 Å². The van der Waals surface area contributed by atoms with Crippen molar-refractivity contribution < 1.29 is 17.9 Å². The van der Waals surface area contributed by atoms with E-state index in [1.54, 1.807) is 30.5 Å². The Morgan fingerprint density at radius 2 is 1.54 bits per heavy atom. The van der Waals surface area contributed by atoms with Crippen molar-refractivity contribution in [2.45, 2.75) is 36.7 Å². The van der Waals surface area contributed by atoms with E-state index >= 15 is 0 Å². The third-order valence-electron chi connectivity index (χ3n) is 6.41. The highest BCUT2D eigenvalue weighted by atomic mass is 32.2. The highest BCUT2D eigenvalue weighted by Gasteiger charge is 2.46. The molecule has 35 heavy (non-hydrogen) atoms. The summed E-state index contributed by atoms with van der Waals surface area (Å²) in [7, 11) is -2.65. The van der Waals surface area contributed by atoms with Crippen molar-refractivity contribution in [3.8, 4) is 0 Å². The van der Waals surface area contributed by atoms with Gasteiger partial charge in [0.2, 0.25) is 10.0 Å². The number of benzene rings is 3. The number of esters is 1. The van der Waals surface area contributed by atoms with Gasteiger partial charge in [-0.1, -0.05) is 54.1 Å². The van der Waals surface area contributed by atoms with Crippen LogP contribution in [0.15, 0.2) is 83.9 Å². The number of aromatic nitrogens is 2. The summed E-state index contributed by atoms with van der Waals surface area (Å²) >= 11 is 0. The SMILES string of the molecule is COC(=O)C[C@H]1c2ccccc2[C@@H](Cc2cnc3ccccc3n2)N1S(=O)(=O)c1ccc(C)cc1. The molecule has 4 aromatic rings. The molecule has 0 saturated heterocycles. The van der Waals surface area contributed by atoms with Gasteiger partial charge in [-0.2, -0.15) is 4.31 Å². The predicted molar refractivity (Wildman–Crippen MR) is 132 cm³/mol. The number of carbonyl (C=O) groups excluding carboxylic acids is 1. The fourth-order valence-electron chi connectivity index (χ4n) is 4.71. The minimum absolute atomic E-state index is 0.0848. The molecule has 0 unspecified atom stereocenters. The van der Waals surface area contributed by atoms with Gasteiger partial charge in [0.15, 0.2) is 0 Å². The van der Waals surface area contributed by atoms with Crippen molar-refractivity contribution in [2.75, 3.05) is 7.11 Å². The monoisotopic (exact) mass is 487 g/mol. The Kier molecular flexibility index (Phi) is 6.08. The molecule has 1 aliphatic heterocycles. The van der Waals surface area contributed by atoms with Crippen molar-refractivity contribution in [2.24, 2.45) is 0 Å². The van der Waals surface area contributed by atoms with Gasteiger partial charge in [0, 0.05) is 12.6 Å². The van der Waals surface area contributed by atoms with Crippen LogP contribution in [0, 0.1) is 6.92 Å². The van der Waals surface area contributed by atoms with Crippen LogP contribution in [0.25, 0.3) is 11.0 Å². The topological polar surface area (TPSA) is 89.5 Å². The van der Waals surface area contributed by atoms with Crippen molar-refractivity contribution >= 4 is 27.0 Å². The lowest BCUT2D eigenvalue weighted by Gasteiger charge is -2.29. The van der Waals surface area contributed by atoms with E-state index in [9.17, 15) is 13.2 Å². The molecule has 0 bridgehead atoms. The van der Waals surface area contributed by atoms with E-state index in [1.807, 2.05) is 55.5 Å². The van der Waals surface area contributed by atoms with E-state index in [1.165, 1.54) is 11.4 Å². The lowest BCUT2D eigenvalue weighted by atomic mass is 9.98. The number of sulfonamides is 1. The van der Waals surface area contributed by atoms with Gasteiger partial charge in [-0.25, -0.2) is 13.4 Å². The molecule has 7 nitrogen and oxygen atoms in total. The zero-order valence-corrected chi connectivity index (χ0v) is 20.3. The Morgan fingerprint density at radius 1 is 0.914 bits per heavy atom. The Hall–Kier alpha value is -3.62. The van der Waals surface area contributed by atoms with Crippen molar-refractivity contribution in [3.05, 3.63) is 101 Å². The predicted octanol–water partition coefficient (Wildman–Crippen LogP) is 4.53. The van der Waals surface area contributed by atoms with E-state index in [-0.39, 0.29) is 11.3 Å². The molecular weight excluding hydrogens is 462 g/mol. The van der Waals surface area contributed by atoms with Gasteiger partial charge < -0.3 is 4.74 Å². The Balaban J connectivity index is 1.64. The number of hydrogen-bond donors (Lipinski definition) is 0. The smallest absolute Gasteiger partial charge is 0.307 e. The number of fused-ring (bicyclic) bond motifs is 2. The molecule has 3 aromatic carbocycles. The second-order valence-corrected chi connectivity index (χ2v) is 10.5. The normalized spacial score (nSPS) is 17.9. The van der Waals surface area contributed by atoms with Crippen LogP contribution < -0.4 is 0 Å². The number of ether oxygens (including phenoxy) is 1. The summed E-state index contributed by atoms with van der Waals surface area (Å²) in [4.78, 5) is 21.8. The molecule has 0 spiro atoms. The zero-order valence-electron chi connectivity index (χ0n) is 19.5. The summed E-state index contributed by atoms with van der Waals surface area (Å²) in [6.45, 7) is 1.91. The third kappa shape index (κ3) is 4.31. The van der Waals surface area contributed by atoms with E-state index in [2.05, 4.69) is 4.98 Å². The summed E-state index contributed by atoms with van der Waals surface area (Å²) in [6.07, 6.45) is 1.92. The van der Waals surface area contributed by atoms with Gasteiger partial charge in [-0.15, -0.1) is 0 Å². The largest absolute Gasteiger partial charge is 0.469 e. The zero-order chi connectivity index (χ0) is 24.6. The Morgan fingerprint density at radius 3 is 2.23 bits per heavy atom. The average Bonchev–Trinajstić information content (AvgIpc) is 3.17. The van der Waals surface area contributed by atoms with Gasteiger partial charge in [-0.05, 0) is 42.3 Å². The second kappa shape index (κ2) is 9.20. The van der Waals surface area contributed by atoms with Crippen LogP contribution in [0.2, 0.25) is 0 Å². The summed E-state index contributed by atoms with van der Waals surface area (Å²) in [5, 5.41) is 0. The molecule has 8 heteroatoms. The standard InChI is InChI=1S/C27H25N3O4S/c1-18-11-13-20(14-12-18)35(32,33)30-25(15-19-17-28-23-9-5-6-10-24(23)29-19)21-7-3-4-8-22(21)26(30)16-27(31)34-2/h3-14,17,25-26H,15-16H2,1-2H3/t25-,26+/m1/s1. The molecule has 1 aliphatic rings. The third-order valence-corrected chi connectivity index (χ3v) is 8.35. The van der Waals surface area contributed by atoms with Gasteiger partial charge in [0.05, 0.1) is 47.2 Å². The molecule has 2 atom stereocenters. The minimum atomic E-state index is -3.96. The van der Waals surface area contributed by atoms with Crippen molar-refractivity contribution in [1.29, 1.82) is 0 Å². The first-order valence-electron chi connectivity index (χ1n) is 11.3. The molecule has 0 amide bonds. The first-order valence-corrected chi connectivity index (χ1v) is 12.8. The summed E-state index contributed by atoms with van der Waals surface area (Å²) < 4.78 is 34.5. The van der Waals surface area contributed by atoms with Gasteiger partial charge in [0.25, 0.3) is 0 Å². The van der Waals surface area contributed by atoms with Crippen LogP contribution in [-0.2, 0) is 26.0 Å². The molecule has 178 valence electrons. The van der Waals surface area contributed by atoms with E-state index in [0.717, 1.165) is 27.7 Å². The molecule has 0 radical (unpaired) electrons. The average molecular weight is 488 g/mol. The molecule has 0 aliphatic carbocycles. The van der Waals surface area contributed by atoms with Crippen molar-refractivity contribution in [3.63, 3.8) is 0 Å². The molecule has 5 rings (SSSR count). The van der Waals surface area contributed by atoms with Crippen LogP contribution >= 0.6 is 0 Å². The number of methoxy groups -OCH3 is 1. The minimum Gasteiger partial charge on any atom is -0.469 e. The summed E-state index contributed by atoms with van der Waals surface area (Å²) in [5.41, 5.74) is 4.81. The maximum atomic E-state index is 14.0. The highest BCUT2D eigenvalue weighted by Crippen LogP contribution is 2.48. The highest BCUT2D eigenvalue weighted by molar-refractivity contribution is 7.89. The molecule has 0 saturated carbocycles. The first-order chi connectivity index (χ1) is 16.9. The molecule has 0 N–H and O–H groups in total. The number of para-hydroxylation sites is 2. The number of rotatable bonds is 6. The lowest BCUT2D eigenvalue weighted by Crippen LogP contribution is -2.35. The van der Waals surface area contributed by atoms with Crippen molar-refractivity contribution in [1.82, 2.24) is 14.3 Å². The fraction of sp³-hybridized carbons (Fsp3) is 0.222. The quantitative estimate of drug-likeness (QED) is 0.371. The van der Waals surface area contributed by atoms with Gasteiger partial charge in [-0.3, -0.25) is 9.78 Å². The fourth-order valence-corrected chi connectivity index (χ4v) is 6.48. The Labute approximate surface area is 204 Å². The molecule has 0 fully saturated rings. The van der Waals surface area contributed by atoms with E-state index < -0.39 is 28.1 Å². The molecular formula is C27H25N3O4S. The van der Waals surface area contributed by atoms with Gasteiger partial charge >= 0.3 is 5.97 Å². The Bertz CT molecular complexity index is 1500. The van der Waals surface area contributed by atoms with Crippen LogP contribution in [0.5, 0.6) is 0 Å². The number of carbonyl (C=O) groups is 1. The lowest BCUT2D eigenvalue weighted by molar-refractivity contribution is -0.141. The van der Waals surface area contributed by atoms with Crippen LogP contribution in [0.1, 0.15) is 40.9 Å². The summed E-state index contributed by atoms with van der Waals surface area (Å²) in [5.74, 6) is -0.472. The molecule has 2 heterocycles. The number of aryl methyl sites for hydroxylation is 1. The van der Waals surface area contributed by atoms with E-state index in [4.69, 9.17) is 9.72 Å². The maximum Gasteiger partial charge on any atom is 0.307 e. The maximum absolute atomic E-state index is 14.0. The van der Waals surface area contributed by atoms with Crippen LogP contribution in [0.4, 0.5) is 0 Å². The number of nitrogens with zero attached hydrogens (tertiary/aromatic N) is 3. The number of hydrogen-bond acceptors (Lipinski definition) is 6. The summed E-state index contributed by atoms with van der Waals surface area (Å²) in [6, 6.07) is 20.6. The molecule has 1 aromatic heterocycles. The van der Waals surface area contributed by atoms with Gasteiger partial charge in [0.1, 0.15) is 0 Å². The van der Waals surface area contributed by atoms with Crippen LogP contribution in [-0.4, -0.2) is 35.8 Å². The van der Waals surface area contributed by atoms with E-state index in [0.29, 0.717) is 12.1 Å².